The Morgan fingerprint density at radius 1 is 1.12 bits per heavy atom. The lowest BCUT2D eigenvalue weighted by molar-refractivity contribution is -0.127. The van der Waals surface area contributed by atoms with Crippen LogP contribution in [0, 0.1) is 0 Å². The number of hydrogen-bond acceptors (Lipinski definition) is 6. The van der Waals surface area contributed by atoms with E-state index in [1.165, 1.54) is 0 Å². The number of halogens is 2. The Kier molecular flexibility index (Phi) is 10.1. The SMILES string of the molecule is C=CCc1cc(/C=C2/SC(=O)N(CC(=O)Nc3ccccc3Cl)C2=O)cc(OCC)c1OCc1ccc(Br)cc1. The largest absolute Gasteiger partial charge is 0.490 e. The molecule has 0 unspecified atom stereocenters. The van der Waals surface area contributed by atoms with Crippen molar-refractivity contribution in [3.05, 3.63) is 104 Å². The van der Waals surface area contributed by atoms with Gasteiger partial charge in [0.1, 0.15) is 13.2 Å². The molecule has 0 spiro atoms. The maximum Gasteiger partial charge on any atom is 0.294 e. The van der Waals surface area contributed by atoms with Crippen LogP contribution in [0.15, 0.2) is 82.7 Å². The molecule has 0 aliphatic carbocycles. The van der Waals surface area contributed by atoms with E-state index in [0.717, 1.165) is 32.3 Å². The summed E-state index contributed by atoms with van der Waals surface area (Å²) in [6, 6.07) is 18.2. The predicted molar refractivity (Wildman–Crippen MR) is 163 cm³/mol. The van der Waals surface area contributed by atoms with Crippen molar-refractivity contribution in [2.75, 3.05) is 18.5 Å². The Balaban J connectivity index is 1.55. The van der Waals surface area contributed by atoms with Crippen molar-refractivity contribution in [3.8, 4) is 11.5 Å². The Hall–Kier alpha value is -3.53. The maximum absolute atomic E-state index is 13.1. The summed E-state index contributed by atoms with van der Waals surface area (Å²) in [4.78, 5) is 39.4. The first-order chi connectivity index (χ1) is 19.3. The number of anilines is 1. The smallest absolute Gasteiger partial charge is 0.294 e. The van der Waals surface area contributed by atoms with Gasteiger partial charge >= 0.3 is 0 Å². The Morgan fingerprint density at radius 3 is 2.58 bits per heavy atom. The van der Waals surface area contributed by atoms with E-state index in [9.17, 15) is 14.4 Å². The fourth-order valence-electron chi connectivity index (χ4n) is 3.92. The maximum atomic E-state index is 13.1. The van der Waals surface area contributed by atoms with Gasteiger partial charge in [-0.25, -0.2) is 0 Å². The first-order valence-electron chi connectivity index (χ1n) is 12.4. The van der Waals surface area contributed by atoms with E-state index in [-0.39, 0.29) is 4.91 Å². The van der Waals surface area contributed by atoms with E-state index in [4.69, 9.17) is 21.1 Å². The minimum absolute atomic E-state index is 0.200. The summed E-state index contributed by atoms with van der Waals surface area (Å²) >= 11 is 10.3. The molecule has 1 saturated heterocycles. The van der Waals surface area contributed by atoms with Gasteiger partial charge in [0.05, 0.1) is 22.2 Å². The third-order valence-electron chi connectivity index (χ3n) is 5.74. The zero-order chi connectivity index (χ0) is 28.6. The van der Waals surface area contributed by atoms with Crippen LogP contribution in [0.2, 0.25) is 5.02 Å². The lowest BCUT2D eigenvalue weighted by Crippen LogP contribution is -2.36. The van der Waals surface area contributed by atoms with Crippen molar-refractivity contribution < 1.29 is 23.9 Å². The standard InChI is InChI=1S/C30H26BrClN2O5S/c1-3-7-21-14-20(15-25(38-4-2)28(21)39-18-19-10-12-22(31)13-11-19)16-26-29(36)34(30(37)40-26)17-27(35)33-24-9-6-5-8-23(24)32/h3,5-6,8-16H,1,4,7,17-18H2,2H3,(H,33,35)/b26-16+. The van der Waals surface area contributed by atoms with E-state index >= 15 is 0 Å². The van der Waals surface area contributed by atoms with E-state index < -0.39 is 23.6 Å². The third kappa shape index (κ3) is 7.35. The van der Waals surface area contributed by atoms with E-state index in [2.05, 4.69) is 27.8 Å². The van der Waals surface area contributed by atoms with Gasteiger partial charge in [-0.1, -0.05) is 57.9 Å². The molecule has 0 atom stereocenters. The number of para-hydroxylation sites is 1. The molecular weight excluding hydrogens is 616 g/mol. The number of carbonyl (C=O) groups excluding carboxylic acids is 3. The summed E-state index contributed by atoms with van der Waals surface area (Å²) in [6.07, 6.45) is 3.87. The zero-order valence-corrected chi connectivity index (χ0v) is 24.8. The van der Waals surface area contributed by atoms with Crippen molar-refractivity contribution in [1.82, 2.24) is 4.90 Å². The lowest BCUT2D eigenvalue weighted by Gasteiger charge is -2.17. The Morgan fingerprint density at radius 2 is 1.88 bits per heavy atom. The van der Waals surface area contributed by atoms with Gasteiger partial charge in [-0.3, -0.25) is 19.3 Å². The van der Waals surface area contributed by atoms with Gasteiger partial charge < -0.3 is 14.8 Å². The van der Waals surface area contributed by atoms with Crippen LogP contribution in [0.3, 0.4) is 0 Å². The molecule has 1 fully saturated rings. The van der Waals surface area contributed by atoms with E-state index in [0.29, 0.717) is 47.4 Å². The second kappa shape index (κ2) is 13.7. The summed E-state index contributed by atoms with van der Waals surface area (Å²) < 4.78 is 13.1. The molecule has 7 nitrogen and oxygen atoms in total. The predicted octanol–water partition coefficient (Wildman–Crippen LogP) is 7.48. The van der Waals surface area contributed by atoms with Gasteiger partial charge in [0.2, 0.25) is 5.91 Å². The number of imide groups is 1. The van der Waals surface area contributed by atoms with Crippen molar-refractivity contribution in [2.24, 2.45) is 0 Å². The van der Waals surface area contributed by atoms with Crippen LogP contribution in [0.5, 0.6) is 11.5 Å². The second-order valence-electron chi connectivity index (χ2n) is 8.64. The van der Waals surface area contributed by atoms with Gasteiger partial charge in [-0.15, -0.1) is 6.58 Å². The zero-order valence-electron chi connectivity index (χ0n) is 21.6. The summed E-state index contributed by atoms with van der Waals surface area (Å²) in [5.41, 5.74) is 2.87. The normalized spacial score (nSPS) is 14.0. The van der Waals surface area contributed by atoms with E-state index in [1.807, 2.05) is 37.3 Å². The van der Waals surface area contributed by atoms with Crippen LogP contribution in [-0.4, -0.2) is 35.1 Å². The molecule has 206 valence electrons. The fourth-order valence-corrected chi connectivity index (χ4v) is 5.21. The van der Waals surface area contributed by atoms with Crippen LogP contribution in [0.1, 0.15) is 23.6 Å². The van der Waals surface area contributed by atoms with Crippen molar-refractivity contribution >= 4 is 68.1 Å². The molecule has 40 heavy (non-hydrogen) atoms. The summed E-state index contributed by atoms with van der Waals surface area (Å²) in [5.74, 6) is 0.0219. The molecule has 3 amide bonds. The number of thioether (sulfide) groups is 1. The molecule has 1 aliphatic heterocycles. The summed E-state index contributed by atoms with van der Waals surface area (Å²) in [5, 5.41) is 2.46. The topological polar surface area (TPSA) is 84.9 Å². The molecular formula is C30H26BrClN2O5S. The average molecular weight is 642 g/mol. The highest BCUT2D eigenvalue weighted by Gasteiger charge is 2.36. The van der Waals surface area contributed by atoms with Gasteiger partial charge in [-0.2, -0.15) is 0 Å². The van der Waals surface area contributed by atoms with Crippen LogP contribution in [-0.2, 0) is 22.6 Å². The number of nitrogens with one attached hydrogen (secondary N) is 1. The van der Waals surface area contributed by atoms with E-state index in [1.54, 1.807) is 42.5 Å². The summed E-state index contributed by atoms with van der Waals surface area (Å²) in [6.45, 7) is 6.04. The second-order valence-corrected chi connectivity index (χ2v) is 11.0. The number of benzene rings is 3. The molecule has 0 radical (unpaired) electrons. The fraction of sp³-hybridized carbons (Fsp3) is 0.167. The van der Waals surface area contributed by atoms with Gasteiger partial charge in [0, 0.05) is 10.0 Å². The Bertz CT molecular complexity index is 1480. The molecule has 4 rings (SSSR count). The van der Waals surface area contributed by atoms with Crippen LogP contribution >= 0.6 is 39.3 Å². The minimum atomic E-state index is -0.553. The highest BCUT2D eigenvalue weighted by molar-refractivity contribution is 9.10. The van der Waals surface area contributed by atoms with Crippen molar-refractivity contribution in [1.29, 1.82) is 0 Å². The monoisotopic (exact) mass is 640 g/mol. The highest BCUT2D eigenvalue weighted by Crippen LogP contribution is 2.38. The number of allylic oxidation sites excluding steroid dienone is 1. The first-order valence-corrected chi connectivity index (χ1v) is 14.4. The molecule has 0 bridgehead atoms. The van der Waals surface area contributed by atoms with Gasteiger partial charge in [0.25, 0.3) is 11.1 Å². The van der Waals surface area contributed by atoms with Crippen LogP contribution in [0.4, 0.5) is 10.5 Å². The molecule has 10 heteroatoms. The first kappa shape index (κ1) is 29.5. The number of carbonyl (C=O) groups is 3. The average Bonchev–Trinajstić information content (AvgIpc) is 3.18. The van der Waals surface area contributed by atoms with Crippen LogP contribution < -0.4 is 14.8 Å². The van der Waals surface area contributed by atoms with Crippen molar-refractivity contribution in [3.63, 3.8) is 0 Å². The number of nitrogens with zero attached hydrogens (tertiary/aromatic N) is 1. The lowest BCUT2D eigenvalue weighted by atomic mass is 10.0. The third-order valence-corrected chi connectivity index (χ3v) is 7.50. The number of rotatable bonds is 11. The molecule has 3 aromatic rings. The number of ether oxygens (including phenoxy) is 2. The molecule has 0 saturated carbocycles. The molecule has 3 aromatic carbocycles. The summed E-state index contributed by atoms with van der Waals surface area (Å²) in [7, 11) is 0. The van der Waals surface area contributed by atoms with Gasteiger partial charge in [-0.05, 0) is 78.7 Å². The Labute approximate surface area is 250 Å². The van der Waals surface area contributed by atoms with Crippen LogP contribution in [0.25, 0.3) is 6.08 Å². The van der Waals surface area contributed by atoms with Crippen molar-refractivity contribution in [2.45, 2.75) is 20.0 Å². The number of hydrogen-bond donors (Lipinski definition) is 1. The molecule has 1 aliphatic rings. The minimum Gasteiger partial charge on any atom is -0.490 e. The molecule has 1 heterocycles. The highest BCUT2D eigenvalue weighted by atomic mass is 79.9. The molecule has 1 N–H and O–H groups in total. The van der Waals surface area contributed by atoms with Gasteiger partial charge in [0.15, 0.2) is 11.5 Å². The quantitative estimate of drug-likeness (QED) is 0.173. The molecule has 0 aromatic heterocycles. The number of amides is 3.